The molecule has 2 atom stereocenters. The van der Waals surface area contributed by atoms with E-state index in [1.807, 2.05) is 0 Å². The van der Waals surface area contributed by atoms with E-state index in [1.54, 1.807) is 0 Å². The van der Waals surface area contributed by atoms with Crippen molar-refractivity contribution in [1.82, 2.24) is 0 Å². The van der Waals surface area contributed by atoms with Gasteiger partial charge < -0.3 is 0 Å². The van der Waals surface area contributed by atoms with Gasteiger partial charge in [0.1, 0.15) is 0 Å². The van der Waals surface area contributed by atoms with Crippen molar-refractivity contribution in [1.29, 1.82) is 0 Å². The van der Waals surface area contributed by atoms with Gasteiger partial charge in [-0.05, 0) is 37.5 Å². The Labute approximate surface area is 90.8 Å². The van der Waals surface area contributed by atoms with Gasteiger partial charge in [0.05, 0.1) is 0 Å². The average Bonchev–Trinajstić information content (AvgIpc) is 2.03. The number of hydrogen-bond acceptors (Lipinski definition) is 0. The quantitative estimate of drug-likeness (QED) is 0.500. The molecule has 0 radical (unpaired) electrons. The standard InChI is InChI=1S/C14H28/c1-7-9-13(10-11(3)4)14(8-2)12(5)6/h11,13-14H,5,7-10H2,1-4,6H3. The maximum atomic E-state index is 4.14. The summed E-state index contributed by atoms with van der Waals surface area (Å²) < 4.78 is 0. The van der Waals surface area contributed by atoms with Crippen LogP contribution in [-0.2, 0) is 0 Å². The molecule has 14 heavy (non-hydrogen) atoms. The normalized spacial score (nSPS) is 15.6. The second-order valence-electron chi connectivity index (χ2n) is 5.04. The van der Waals surface area contributed by atoms with E-state index in [-0.39, 0.29) is 0 Å². The Morgan fingerprint density at radius 1 is 1.21 bits per heavy atom. The Kier molecular flexibility index (Phi) is 6.96. The molecule has 0 rings (SSSR count). The van der Waals surface area contributed by atoms with Crippen LogP contribution in [0.3, 0.4) is 0 Å². The molecule has 0 nitrogen and oxygen atoms in total. The zero-order valence-corrected chi connectivity index (χ0v) is 10.8. The summed E-state index contributed by atoms with van der Waals surface area (Å²) >= 11 is 0. The monoisotopic (exact) mass is 196 g/mol. The number of rotatable bonds is 7. The summed E-state index contributed by atoms with van der Waals surface area (Å²) in [5.74, 6) is 2.43. The Bertz CT molecular complexity index is 155. The van der Waals surface area contributed by atoms with E-state index < -0.39 is 0 Å². The minimum Gasteiger partial charge on any atom is -0.0999 e. The van der Waals surface area contributed by atoms with Crippen LogP contribution in [0.5, 0.6) is 0 Å². The lowest BCUT2D eigenvalue weighted by molar-refractivity contribution is 0.287. The molecule has 0 saturated heterocycles. The molecule has 0 bridgehead atoms. The molecule has 0 fully saturated rings. The van der Waals surface area contributed by atoms with Gasteiger partial charge in [0, 0.05) is 0 Å². The van der Waals surface area contributed by atoms with Gasteiger partial charge in [-0.25, -0.2) is 0 Å². The number of hydrogen-bond donors (Lipinski definition) is 0. The van der Waals surface area contributed by atoms with Gasteiger partial charge in [-0.3, -0.25) is 0 Å². The van der Waals surface area contributed by atoms with Gasteiger partial charge in [0.15, 0.2) is 0 Å². The summed E-state index contributed by atoms with van der Waals surface area (Å²) in [5, 5.41) is 0. The number of allylic oxidation sites excluding steroid dienone is 1. The van der Waals surface area contributed by atoms with Crippen molar-refractivity contribution >= 4 is 0 Å². The van der Waals surface area contributed by atoms with Crippen LogP contribution in [0, 0.1) is 17.8 Å². The molecular formula is C14H28. The summed E-state index contributed by atoms with van der Waals surface area (Å²) in [5.41, 5.74) is 1.38. The third-order valence-electron chi connectivity index (χ3n) is 3.08. The van der Waals surface area contributed by atoms with Crippen molar-refractivity contribution in [3.63, 3.8) is 0 Å². The lowest BCUT2D eigenvalue weighted by Crippen LogP contribution is -2.17. The Morgan fingerprint density at radius 2 is 1.79 bits per heavy atom. The minimum absolute atomic E-state index is 0.748. The highest BCUT2D eigenvalue weighted by Gasteiger charge is 2.20. The highest BCUT2D eigenvalue weighted by atomic mass is 14.3. The second kappa shape index (κ2) is 7.09. The van der Waals surface area contributed by atoms with E-state index in [0.29, 0.717) is 0 Å². The first-order valence-corrected chi connectivity index (χ1v) is 6.18. The van der Waals surface area contributed by atoms with E-state index in [4.69, 9.17) is 0 Å². The molecule has 0 saturated carbocycles. The van der Waals surface area contributed by atoms with E-state index in [1.165, 1.54) is 31.3 Å². The molecule has 84 valence electrons. The van der Waals surface area contributed by atoms with E-state index in [0.717, 1.165) is 17.8 Å². The fourth-order valence-corrected chi connectivity index (χ4v) is 2.54. The highest BCUT2D eigenvalue weighted by molar-refractivity contribution is 4.98. The van der Waals surface area contributed by atoms with E-state index in [2.05, 4.69) is 41.2 Å². The predicted molar refractivity (Wildman–Crippen MR) is 66.4 cm³/mol. The summed E-state index contributed by atoms with van der Waals surface area (Å²) in [6.07, 6.45) is 5.29. The Morgan fingerprint density at radius 3 is 2.07 bits per heavy atom. The molecule has 0 aliphatic rings. The largest absolute Gasteiger partial charge is 0.0999 e. The van der Waals surface area contributed by atoms with Crippen molar-refractivity contribution in [2.45, 2.75) is 60.3 Å². The molecule has 0 heterocycles. The molecular weight excluding hydrogens is 168 g/mol. The molecule has 0 aromatic rings. The minimum atomic E-state index is 0.748. The van der Waals surface area contributed by atoms with E-state index >= 15 is 0 Å². The topological polar surface area (TPSA) is 0 Å². The van der Waals surface area contributed by atoms with Crippen molar-refractivity contribution in [2.24, 2.45) is 17.8 Å². The molecule has 0 aliphatic heterocycles. The zero-order chi connectivity index (χ0) is 11.1. The van der Waals surface area contributed by atoms with Crippen LogP contribution in [0.2, 0.25) is 0 Å². The van der Waals surface area contributed by atoms with Crippen LogP contribution in [0.4, 0.5) is 0 Å². The zero-order valence-electron chi connectivity index (χ0n) is 10.8. The predicted octanol–water partition coefficient (Wildman–Crippen LogP) is 5.05. The average molecular weight is 196 g/mol. The third-order valence-corrected chi connectivity index (χ3v) is 3.08. The molecule has 0 aromatic heterocycles. The highest BCUT2D eigenvalue weighted by Crippen LogP contribution is 2.31. The second-order valence-corrected chi connectivity index (χ2v) is 5.04. The fourth-order valence-electron chi connectivity index (χ4n) is 2.54. The Balaban J connectivity index is 4.34. The summed E-state index contributed by atoms with van der Waals surface area (Å²) in [7, 11) is 0. The van der Waals surface area contributed by atoms with Crippen LogP contribution < -0.4 is 0 Å². The molecule has 0 aromatic carbocycles. The first kappa shape index (κ1) is 13.7. The molecule has 0 amide bonds. The van der Waals surface area contributed by atoms with Gasteiger partial charge in [0.2, 0.25) is 0 Å². The SMILES string of the molecule is C=C(C)C(CC)C(CCC)CC(C)C. The van der Waals surface area contributed by atoms with Gasteiger partial charge in [-0.2, -0.15) is 0 Å². The molecule has 0 aliphatic carbocycles. The fraction of sp³-hybridized carbons (Fsp3) is 0.857. The third kappa shape index (κ3) is 4.83. The van der Waals surface area contributed by atoms with Gasteiger partial charge >= 0.3 is 0 Å². The van der Waals surface area contributed by atoms with Gasteiger partial charge in [-0.1, -0.05) is 52.7 Å². The van der Waals surface area contributed by atoms with Crippen molar-refractivity contribution < 1.29 is 0 Å². The summed E-state index contributed by atoms with van der Waals surface area (Å²) in [4.78, 5) is 0. The lowest BCUT2D eigenvalue weighted by Gasteiger charge is -2.28. The first-order chi connectivity index (χ1) is 6.52. The van der Waals surface area contributed by atoms with Crippen LogP contribution in [0.15, 0.2) is 12.2 Å². The molecule has 0 N–H and O–H groups in total. The first-order valence-electron chi connectivity index (χ1n) is 6.18. The van der Waals surface area contributed by atoms with Crippen molar-refractivity contribution in [3.05, 3.63) is 12.2 Å². The van der Waals surface area contributed by atoms with Crippen molar-refractivity contribution in [2.75, 3.05) is 0 Å². The Hall–Kier alpha value is -0.260. The molecule has 0 spiro atoms. The summed E-state index contributed by atoms with van der Waals surface area (Å²) in [6, 6.07) is 0. The van der Waals surface area contributed by atoms with Gasteiger partial charge in [-0.15, -0.1) is 0 Å². The maximum absolute atomic E-state index is 4.14. The van der Waals surface area contributed by atoms with Crippen LogP contribution in [-0.4, -0.2) is 0 Å². The van der Waals surface area contributed by atoms with Crippen LogP contribution in [0.25, 0.3) is 0 Å². The van der Waals surface area contributed by atoms with Gasteiger partial charge in [0.25, 0.3) is 0 Å². The summed E-state index contributed by atoms with van der Waals surface area (Å²) in [6.45, 7) is 15.6. The van der Waals surface area contributed by atoms with Crippen LogP contribution in [0.1, 0.15) is 60.3 Å². The maximum Gasteiger partial charge on any atom is -0.0183 e. The van der Waals surface area contributed by atoms with Crippen molar-refractivity contribution in [3.8, 4) is 0 Å². The molecule has 2 unspecified atom stereocenters. The smallest absolute Gasteiger partial charge is 0.0183 e. The van der Waals surface area contributed by atoms with E-state index in [9.17, 15) is 0 Å². The lowest BCUT2D eigenvalue weighted by atomic mass is 9.78. The van der Waals surface area contributed by atoms with Crippen LogP contribution >= 0.6 is 0 Å². The molecule has 0 heteroatoms.